The van der Waals surface area contributed by atoms with E-state index < -0.39 is 28.5 Å². The minimum atomic E-state index is -0.942. The van der Waals surface area contributed by atoms with Gasteiger partial charge in [-0.15, -0.1) is 0 Å². The summed E-state index contributed by atoms with van der Waals surface area (Å²) in [5.74, 6) is -1.70. The summed E-state index contributed by atoms with van der Waals surface area (Å²) in [5, 5.41) is 13.8. The molecule has 1 aliphatic heterocycles. The molecule has 2 heterocycles. The molecule has 10 nitrogen and oxygen atoms in total. The van der Waals surface area contributed by atoms with Crippen molar-refractivity contribution >= 4 is 23.3 Å². The van der Waals surface area contributed by atoms with E-state index in [2.05, 4.69) is 10.6 Å². The van der Waals surface area contributed by atoms with E-state index in [0.29, 0.717) is 18.8 Å². The number of aliphatic hydroxyl groups is 1. The number of amides is 3. The molecule has 2 aromatic rings. The van der Waals surface area contributed by atoms with Gasteiger partial charge in [-0.05, 0) is 18.2 Å². The van der Waals surface area contributed by atoms with Gasteiger partial charge in [-0.2, -0.15) is 0 Å². The first-order chi connectivity index (χ1) is 12.9. The Kier molecular flexibility index (Phi) is 5.03. The number of benzene rings is 1. The van der Waals surface area contributed by atoms with Crippen molar-refractivity contribution in [2.24, 2.45) is 0 Å². The van der Waals surface area contributed by atoms with Crippen molar-refractivity contribution in [3.05, 3.63) is 56.6 Å². The number of H-pyrrole nitrogens is 1. The maximum Gasteiger partial charge on any atom is 0.328 e. The highest BCUT2D eigenvalue weighted by molar-refractivity contribution is 6.04. The topological polar surface area (TPSA) is 137 Å². The lowest BCUT2D eigenvalue weighted by atomic mass is 10.2. The summed E-state index contributed by atoms with van der Waals surface area (Å²) in [7, 11) is 0. The molecule has 1 fully saturated rings. The molecule has 1 aromatic carbocycles. The van der Waals surface area contributed by atoms with Crippen LogP contribution in [0.25, 0.3) is 0 Å². The number of urea groups is 1. The number of hydrogen-bond acceptors (Lipinski definition) is 5. The highest BCUT2D eigenvalue weighted by Crippen LogP contribution is 2.24. The highest BCUT2D eigenvalue weighted by atomic mass is 19.1. The lowest BCUT2D eigenvalue weighted by Crippen LogP contribution is -2.35. The molecule has 4 N–H and O–H groups in total. The molecule has 0 aliphatic carbocycles. The minimum absolute atomic E-state index is 0.121. The number of halogens is 1. The Morgan fingerprint density at radius 3 is 2.74 bits per heavy atom. The average Bonchev–Trinajstić information content (AvgIpc) is 3.05. The van der Waals surface area contributed by atoms with Crippen molar-refractivity contribution in [3.8, 4) is 0 Å². The number of rotatable bonds is 5. The van der Waals surface area contributed by atoms with Crippen LogP contribution >= 0.6 is 0 Å². The lowest BCUT2D eigenvalue weighted by Gasteiger charge is -2.16. The molecule has 0 unspecified atom stereocenters. The number of aromatic amines is 1. The van der Waals surface area contributed by atoms with E-state index >= 15 is 0 Å². The summed E-state index contributed by atoms with van der Waals surface area (Å²) < 4.78 is 15.0. The zero-order valence-electron chi connectivity index (χ0n) is 14.0. The standard InChI is InChI=1S/C16H16FN5O5/c17-11-2-1-9(22-4-3-18-15(22)26)7-12(11)19-13(24)10-8-21(5-6-23)16(27)20-14(10)25/h1-2,7-8,23H,3-6H2,(H,18,26)(H,19,24)(H,20,25,27). The number of carbonyl (C=O) groups is 2. The van der Waals surface area contributed by atoms with Crippen molar-refractivity contribution in [1.29, 1.82) is 0 Å². The van der Waals surface area contributed by atoms with Crippen molar-refractivity contribution in [2.75, 3.05) is 29.9 Å². The molecular formula is C16H16FN5O5. The van der Waals surface area contributed by atoms with Crippen molar-refractivity contribution in [2.45, 2.75) is 6.54 Å². The Hall–Kier alpha value is -3.47. The van der Waals surface area contributed by atoms with E-state index in [1.165, 1.54) is 17.0 Å². The molecule has 1 aliphatic rings. The number of nitrogens with one attached hydrogen (secondary N) is 3. The maximum absolute atomic E-state index is 14.1. The lowest BCUT2D eigenvalue weighted by molar-refractivity contribution is 0.102. The Balaban J connectivity index is 1.90. The Morgan fingerprint density at radius 2 is 2.07 bits per heavy atom. The summed E-state index contributed by atoms with van der Waals surface area (Å²) in [6.07, 6.45) is 0.988. The number of aromatic nitrogens is 2. The van der Waals surface area contributed by atoms with E-state index in [-0.39, 0.29) is 24.9 Å². The van der Waals surface area contributed by atoms with Crippen molar-refractivity contribution in [1.82, 2.24) is 14.9 Å². The summed E-state index contributed by atoms with van der Waals surface area (Å²) in [6, 6.07) is 3.42. The monoisotopic (exact) mass is 377 g/mol. The molecule has 11 heteroatoms. The van der Waals surface area contributed by atoms with E-state index in [0.717, 1.165) is 16.8 Å². The molecule has 142 valence electrons. The Morgan fingerprint density at radius 1 is 1.30 bits per heavy atom. The van der Waals surface area contributed by atoms with Crippen LogP contribution in [0.5, 0.6) is 0 Å². The van der Waals surface area contributed by atoms with Crippen LogP contribution in [0.4, 0.5) is 20.6 Å². The molecule has 3 rings (SSSR count). The number of anilines is 2. The van der Waals surface area contributed by atoms with Crippen molar-refractivity contribution in [3.63, 3.8) is 0 Å². The molecule has 27 heavy (non-hydrogen) atoms. The minimum Gasteiger partial charge on any atom is -0.395 e. The highest BCUT2D eigenvalue weighted by Gasteiger charge is 2.23. The summed E-state index contributed by atoms with van der Waals surface area (Å²) >= 11 is 0. The van der Waals surface area contributed by atoms with Gasteiger partial charge in [0, 0.05) is 25.0 Å². The van der Waals surface area contributed by atoms with Gasteiger partial charge in [0.2, 0.25) is 0 Å². The van der Waals surface area contributed by atoms with Gasteiger partial charge in [0.05, 0.1) is 18.8 Å². The largest absolute Gasteiger partial charge is 0.395 e. The maximum atomic E-state index is 14.1. The molecule has 0 spiro atoms. The molecular weight excluding hydrogens is 361 g/mol. The fraction of sp³-hybridized carbons (Fsp3) is 0.250. The van der Waals surface area contributed by atoms with Gasteiger partial charge in [-0.25, -0.2) is 14.0 Å². The normalized spacial score (nSPS) is 13.6. The van der Waals surface area contributed by atoms with Gasteiger partial charge < -0.3 is 15.7 Å². The van der Waals surface area contributed by atoms with E-state index in [1.54, 1.807) is 0 Å². The van der Waals surface area contributed by atoms with Crippen LogP contribution in [0, 0.1) is 5.82 Å². The number of nitrogens with zero attached hydrogens (tertiary/aromatic N) is 2. The zero-order valence-corrected chi connectivity index (χ0v) is 14.0. The fourth-order valence-corrected chi connectivity index (χ4v) is 2.63. The molecule has 0 saturated carbocycles. The van der Waals surface area contributed by atoms with E-state index in [1.807, 2.05) is 4.98 Å². The third kappa shape index (κ3) is 3.72. The second-order valence-electron chi connectivity index (χ2n) is 5.72. The first-order valence-electron chi connectivity index (χ1n) is 8.01. The fourth-order valence-electron chi connectivity index (χ4n) is 2.63. The molecule has 0 radical (unpaired) electrons. The predicted molar refractivity (Wildman–Crippen MR) is 93.5 cm³/mol. The van der Waals surface area contributed by atoms with Crippen LogP contribution in [0.2, 0.25) is 0 Å². The molecule has 1 aromatic heterocycles. The third-order valence-corrected chi connectivity index (χ3v) is 3.96. The van der Waals surface area contributed by atoms with Gasteiger partial charge in [0.1, 0.15) is 11.4 Å². The van der Waals surface area contributed by atoms with Gasteiger partial charge in [-0.1, -0.05) is 0 Å². The zero-order chi connectivity index (χ0) is 19.6. The van der Waals surface area contributed by atoms with Gasteiger partial charge >= 0.3 is 11.7 Å². The second-order valence-corrected chi connectivity index (χ2v) is 5.72. The second kappa shape index (κ2) is 7.41. The smallest absolute Gasteiger partial charge is 0.328 e. The molecule has 0 bridgehead atoms. The van der Waals surface area contributed by atoms with Crippen LogP contribution in [0.1, 0.15) is 10.4 Å². The van der Waals surface area contributed by atoms with E-state index in [9.17, 15) is 23.6 Å². The Labute approximate surface area is 151 Å². The van der Waals surface area contributed by atoms with Gasteiger partial charge in [-0.3, -0.25) is 24.0 Å². The van der Waals surface area contributed by atoms with Gasteiger partial charge in [0.25, 0.3) is 11.5 Å². The van der Waals surface area contributed by atoms with Crippen molar-refractivity contribution < 1.29 is 19.1 Å². The molecule has 1 saturated heterocycles. The first-order valence-corrected chi connectivity index (χ1v) is 8.01. The van der Waals surface area contributed by atoms with Crippen LogP contribution in [-0.4, -0.2) is 46.3 Å². The molecule has 3 amide bonds. The average molecular weight is 377 g/mol. The van der Waals surface area contributed by atoms with Crippen LogP contribution < -0.4 is 26.8 Å². The van der Waals surface area contributed by atoms with Crippen LogP contribution in [0.3, 0.4) is 0 Å². The Bertz CT molecular complexity index is 1010. The predicted octanol–water partition coefficient (Wildman–Crippen LogP) is -0.550. The number of aliphatic hydroxyl groups excluding tert-OH is 1. The summed E-state index contributed by atoms with van der Waals surface area (Å²) in [6.45, 7) is 0.342. The van der Waals surface area contributed by atoms with E-state index in [4.69, 9.17) is 5.11 Å². The van der Waals surface area contributed by atoms with Gasteiger partial charge in [0.15, 0.2) is 0 Å². The summed E-state index contributed by atoms with van der Waals surface area (Å²) in [4.78, 5) is 50.9. The summed E-state index contributed by atoms with van der Waals surface area (Å²) in [5.41, 5.74) is -2.00. The number of carbonyl (C=O) groups excluding carboxylic acids is 2. The quantitative estimate of drug-likeness (QED) is 0.554. The third-order valence-electron chi connectivity index (χ3n) is 3.96. The number of hydrogen-bond donors (Lipinski definition) is 4. The van der Waals surface area contributed by atoms with Crippen LogP contribution in [0.15, 0.2) is 34.0 Å². The van der Waals surface area contributed by atoms with Crippen LogP contribution in [-0.2, 0) is 6.54 Å². The SMILES string of the molecule is O=C(Nc1cc(N2CCNC2=O)ccc1F)c1cn(CCO)c(=O)[nH]c1=O. The molecule has 0 atom stereocenters. The first kappa shape index (κ1) is 18.3.